The molecule has 1 aromatic carbocycles. The molecule has 0 bridgehead atoms. The van der Waals surface area contributed by atoms with Gasteiger partial charge in [0, 0.05) is 49.9 Å². The SMILES string of the molecule is Cc1cn2nc([C@@H]3CCCCN3C(=O)c3cccc4c3OCC4)cc2nc1N1CC[C@H](N)C1. The molecule has 2 atom stereocenters. The first-order valence-electron chi connectivity index (χ1n) is 12.0. The first kappa shape index (κ1) is 20.5. The fraction of sp³-hybridized carbons (Fsp3) is 0.480. The van der Waals surface area contributed by atoms with E-state index in [2.05, 4.69) is 11.8 Å². The Hall–Kier alpha value is -3.13. The van der Waals surface area contributed by atoms with Gasteiger partial charge in [-0.05, 0) is 44.2 Å². The van der Waals surface area contributed by atoms with Crippen molar-refractivity contribution in [2.75, 3.05) is 31.1 Å². The number of hydrogen-bond acceptors (Lipinski definition) is 6. The highest BCUT2D eigenvalue weighted by Gasteiger charge is 2.33. The summed E-state index contributed by atoms with van der Waals surface area (Å²) in [6, 6.07) is 8.08. The number of benzene rings is 1. The number of nitrogens with two attached hydrogens (primary N) is 1. The number of likely N-dealkylation sites (tertiary alicyclic amines) is 1. The van der Waals surface area contributed by atoms with Crippen molar-refractivity contribution in [3.63, 3.8) is 0 Å². The minimum absolute atomic E-state index is 0.0337. The number of aryl methyl sites for hydroxylation is 1. The van der Waals surface area contributed by atoms with Crippen molar-refractivity contribution in [3.05, 3.63) is 52.8 Å². The maximum absolute atomic E-state index is 13.6. The van der Waals surface area contributed by atoms with E-state index in [1.54, 1.807) is 0 Å². The standard InChI is InChI=1S/C25H30N6O2/c1-16-14-31-22(27-24(16)29-11-8-18(26)15-29)13-20(28-31)21-7-2-3-10-30(21)25(32)19-6-4-5-17-9-12-33-23(17)19/h4-6,13-14,18,21H,2-3,7-12,15,26H2,1H3/t18-,21-/m0/s1. The Bertz CT molecular complexity index is 1220. The zero-order chi connectivity index (χ0) is 22.5. The zero-order valence-electron chi connectivity index (χ0n) is 19.0. The number of aromatic nitrogens is 3. The van der Waals surface area contributed by atoms with Crippen molar-refractivity contribution in [2.24, 2.45) is 5.73 Å². The van der Waals surface area contributed by atoms with Gasteiger partial charge >= 0.3 is 0 Å². The molecule has 2 fully saturated rings. The van der Waals surface area contributed by atoms with E-state index in [1.807, 2.05) is 39.9 Å². The number of fused-ring (bicyclic) bond motifs is 2. The number of carbonyl (C=O) groups excluding carboxylic acids is 1. The molecule has 2 N–H and O–H groups in total. The highest BCUT2D eigenvalue weighted by Crippen LogP contribution is 2.36. The number of carbonyl (C=O) groups is 1. The molecule has 3 aliphatic heterocycles. The van der Waals surface area contributed by atoms with E-state index in [9.17, 15) is 4.79 Å². The smallest absolute Gasteiger partial charge is 0.258 e. The quantitative estimate of drug-likeness (QED) is 0.666. The predicted molar refractivity (Wildman–Crippen MR) is 126 cm³/mol. The molecular weight excluding hydrogens is 416 g/mol. The highest BCUT2D eigenvalue weighted by atomic mass is 16.5. The summed E-state index contributed by atoms with van der Waals surface area (Å²) in [5.41, 5.74) is 10.7. The van der Waals surface area contributed by atoms with E-state index in [0.717, 1.165) is 85.8 Å². The van der Waals surface area contributed by atoms with E-state index in [1.165, 1.54) is 0 Å². The largest absolute Gasteiger partial charge is 0.492 e. The van der Waals surface area contributed by atoms with E-state index in [-0.39, 0.29) is 18.0 Å². The number of anilines is 1. The number of amides is 1. The maximum atomic E-state index is 13.6. The summed E-state index contributed by atoms with van der Waals surface area (Å²) in [6.07, 6.45) is 6.87. The van der Waals surface area contributed by atoms with Gasteiger partial charge in [-0.1, -0.05) is 12.1 Å². The van der Waals surface area contributed by atoms with E-state index in [0.29, 0.717) is 12.2 Å². The third-order valence-electron chi connectivity index (χ3n) is 7.20. The second-order valence-corrected chi connectivity index (χ2v) is 9.52. The van der Waals surface area contributed by atoms with Crippen molar-refractivity contribution < 1.29 is 9.53 Å². The molecule has 3 aromatic rings. The van der Waals surface area contributed by atoms with Gasteiger partial charge in [0.25, 0.3) is 5.91 Å². The van der Waals surface area contributed by atoms with Crippen LogP contribution in [0, 0.1) is 6.92 Å². The fourth-order valence-electron chi connectivity index (χ4n) is 5.50. The van der Waals surface area contributed by atoms with E-state index < -0.39 is 0 Å². The molecule has 0 saturated carbocycles. The number of para-hydroxylation sites is 1. The second-order valence-electron chi connectivity index (χ2n) is 9.52. The summed E-state index contributed by atoms with van der Waals surface area (Å²) in [6.45, 7) is 5.20. The lowest BCUT2D eigenvalue weighted by atomic mass is 9.97. The Kier molecular flexibility index (Phi) is 4.98. The van der Waals surface area contributed by atoms with Crippen molar-refractivity contribution >= 4 is 17.4 Å². The molecule has 2 aromatic heterocycles. The molecule has 33 heavy (non-hydrogen) atoms. The van der Waals surface area contributed by atoms with Gasteiger partial charge < -0.3 is 20.3 Å². The van der Waals surface area contributed by atoms with Gasteiger partial charge in [0.2, 0.25) is 0 Å². The topological polar surface area (TPSA) is 89.0 Å². The lowest BCUT2D eigenvalue weighted by Gasteiger charge is -2.35. The molecular formula is C25H30N6O2. The highest BCUT2D eigenvalue weighted by molar-refractivity contribution is 5.98. The van der Waals surface area contributed by atoms with Gasteiger partial charge in [0.1, 0.15) is 11.6 Å². The molecule has 8 nitrogen and oxygen atoms in total. The van der Waals surface area contributed by atoms with Crippen LogP contribution in [0.3, 0.4) is 0 Å². The molecule has 5 heterocycles. The molecule has 3 aliphatic rings. The van der Waals surface area contributed by atoms with Gasteiger partial charge in [-0.15, -0.1) is 0 Å². The summed E-state index contributed by atoms with van der Waals surface area (Å²) < 4.78 is 7.67. The van der Waals surface area contributed by atoms with Crippen LogP contribution >= 0.6 is 0 Å². The Morgan fingerprint density at radius 3 is 2.97 bits per heavy atom. The molecule has 6 rings (SSSR count). The summed E-state index contributed by atoms with van der Waals surface area (Å²) in [4.78, 5) is 22.8. The third-order valence-corrected chi connectivity index (χ3v) is 7.20. The molecule has 0 radical (unpaired) electrons. The molecule has 0 spiro atoms. The van der Waals surface area contributed by atoms with Crippen molar-refractivity contribution in [1.29, 1.82) is 0 Å². The monoisotopic (exact) mass is 446 g/mol. The van der Waals surface area contributed by atoms with Gasteiger partial charge in [0.15, 0.2) is 5.65 Å². The zero-order valence-corrected chi connectivity index (χ0v) is 19.0. The van der Waals surface area contributed by atoms with Crippen LogP contribution in [0.5, 0.6) is 5.75 Å². The average molecular weight is 447 g/mol. The Labute approximate surface area is 193 Å². The number of hydrogen-bond donors (Lipinski definition) is 1. The van der Waals surface area contributed by atoms with Gasteiger partial charge in [-0.3, -0.25) is 4.79 Å². The molecule has 172 valence electrons. The van der Waals surface area contributed by atoms with Crippen LogP contribution in [0.2, 0.25) is 0 Å². The molecule has 1 amide bonds. The van der Waals surface area contributed by atoms with Crippen LogP contribution in [-0.2, 0) is 6.42 Å². The van der Waals surface area contributed by atoms with Crippen molar-refractivity contribution in [1.82, 2.24) is 19.5 Å². The van der Waals surface area contributed by atoms with Crippen molar-refractivity contribution in [2.45, 2.75) is 51.1 Å². The van der Waals surface area contributed by atoms with Crippen LogP contribution in [0.4, 0.5) is 5.82 Å². The van der Waals surface area contributed by atoms with E-state index in [4.69, 9.17) is 20.6 Å². The third kappa shape index (κ3) is 3.53. The molecule has 8 heteroatoms. The first-order chi connectivity index (χ1) is 16.1. The number of piperidine rings is 1. The maximum Gasteiger partial charge on any atom is 0.258 e. The summed E-state index contributed by atoms with van der Waals surface area (Å²) >= 11 is 0. The van der Waals surface area contributed by atoms with Crippen LogP contribution in [0.25, 0.3) is 5.65 Å². The lowest BCUT2D eigenvalue weighted by Crippen LogP contribution is -2.38. The number of ether oxygens (including phenoxy) is 1. The first-order valence-corrected chi connectivity index (χ1v) is 12.0. The molecule has 0 aliphatic carbocycles. The van der Waals surface area contributed by atoms with Gasteiger partial charge in [0.05, 0.1) is 23.9 Å². The fourth-order valence-corrected chi connectivity index (χ4v) is 5.50. The van der Waals surface area contributed by atoms with Gasteiger partial charge in [-0.2, -0.15) is 5.10 Å². The Morgan fingerprint density at radius 1 is 1.21 bits per heavy atom. The minimum Gasteiger partial charge on any atom is -0.492 e. The predicted octanol–water partition coefficient (Wildman–Crippen LogP) is 2.88. The molecule has 0 unspecified atom stereocenters. The summed E-state index contributed by atoms with van der Waals surface area (Å²) in [7, 11) is 0. The van der Waals surface area contributed by atoms with Gasteiger partial charge in [-0.25, -0.2) is 9.50 Å². The summed E-state index contributed by atoms with van der Waals surface area (Å²) in [5, 5.41) is 4.86. The van der Waals surface area contributed by atoms with Crippen LogP contribution in [-0.4, -0.2) is 57.7 Å². The second kappa shape index (κ2) is 8.02. The Morgan fingerprint density at radius 2 is 2.12 bits per heavy atom. The van der Waals surface area contributed by atoms with Crippen LogP contribution in [0.15, 0.2) is 30.5 Å². The van der Waals surface area contributed by atoms with Crippen LogP contribution < -0.4 is 15.4 Å². The van der Waals surface area contributed by atoms with Crippen LogP contribution in [0.1, 0.15) is 58.9 Å². The molecule has 2 saturated heterocycles. The Balaban J connectivity index is 1.33. The minimum atomic E-state index is -0.0609. The summed E-state index contributed by atoms with van der Waals surface area (Å²) in [5.74, 6) is 1.77. The number of rotatable bonds is 3. The normalized spacial score (nSPS) is 22.6. The van der Waals surface area contributed by atoms with Crippen molar-refractivity contribution in [3.8, 4) is 5.75 Å². The lowest BCUT2D eigenvalue weighted by molar-refractivity contribution is 0.0602. The van der Waals surface area contributed by atoms with E-state index >= 15 is 0 Å². The number of nitrogens with zero attached hydrogens (tertiary/aromatic N) is 5. The average Bonchev–Trinajstić information content (AvgIpc) is 3.57.